The minimum absolute atomic E-state index is 0.0406. The molecule has 0 radical (unpaired) electrons. The SMILES string of the molecule is CCCCC[C@H](O)CC(=O)CCCCC[C@@H](O)CC(=O)CCCCC[C@H](O)CC(=O)CCCCC[C@@H](O)C[C@H](C)O. The second-order valence-electron chi connectivity index (χ2n) is 12.2. The van der Waals surface area contributed by atoms with Crippen molar-refractivity contribution in [1.29, 1.82) is 0 Å². The molecule has 0 aliphatic rings. The zero-order valence-corrected chi connectivity index (χ0v) is 26.1. The summed E-state index contributed by atoms with van der Waals surface area (Å²) >= 11 is 0. The molecule has 5 N–H and O–H groups in total. The fourth-order valence-corrected chi connectivity index (χ4v) is 5.18. The van der Waals surface area contributed by atoms with Gasteiger partial charge in [0, 0.05) is 38.5 Å². The molecule has 242 valence electrons. The van der Waals surface area contributed by atoms with Crippen LogP contribution in [0.5, 0.6) is 0 Å². The number of carbonyl (C=O) groups is 3. The number of Topliss-reactive ketones (excluding diaryl/α,β-unsaturated/α-hetero) is 3. The van der Waals surface area contributed by atoms with Crippen LogP contribution in [-0.2, 0) is 14.4 Å². The van der Waals surface area contributed by atoms with Crippen LogP contribution < -0.4 is 0 Å². The summed E-state index contributed by atoms with van der Waals surface area (Å²) in [6, 6.07) is 0. The molecular formula is C33H62O8. The molecule has 0 bridgehead atoms. The van der Waals surface area contributed by atoms with E-state index in [9.17, 15) is 39.9 Å². The summed E-state index contributed by atoms with van der Waals surface area (Å²) in [6.07, 6.45) is 11.9. The molecule has 0 aliphatic heterocycles. The third-order valence-electron chi connectivity index (χ3n) is 7.62. The van der Waals surface area contributed by atoms with Gasteiger partial charge in [0.25, 0.3) is 0 Å². The van der Waals surface area contributed by atoms with Crippen LogP contribution in [0.3, 0.4) is 0 Å². The van der Waals surface area contributed by atoms with E-state index in [0.29, 0.717) is 57.8 Å². The summed E-state index contributed by atoms with van der Waals surface area (Å²) < 4.78 is 0. The zero-order valence-electron chi connectivity index (χ0n) is 26.1. The van der Waals surface area contributed by atoms with E-state index in [1.165, 1.54) is 0 Å². The third kappa shape index (κ3) is 27.4. The number of hydrogen-bond acceptors (Lipinski definition) is 8. The van der Waals surface area contributed by atoms with Crippen molar-refractivity contribution in [2.75, 3.05) is 0 Å². The quantitative estimate of drug-likeness (QED) is 0.0691. The molecule has 0 saturated carbocycles. The van der Waals surface area contributed by atoms with E-state index in [0.717, 1.165) is 70.6 Å². The van der Waals surface area contributed by atoms with E-state index < -0.39 is 30.5 Å². The summed E-state index contributed by atoms with van der Waals surface area (Å²) in [5.41, 5.74) is 0. The second kappa shape index (κ2) is 26.4. The van der Waals surface area contributed by atoms with Crippen LogP contribution in [0.25, 0.3) is 0 Å². The maximum absolute atomic E-state index is 12.2. The third-order valence-corrected chi connectivity index (χ3v) is 7.62. The lowest BCUT2D eigenvalue weighted by Gasteiger charge is -2.12. The van der Waals surface area contributed by atoms with Crippen LogP contribution >= 0.6 is 0 Å². The molecule has 0 heterocycles. The second-order valence-corrected chi connectivity index (χ2v) is 12.2. The highest BCUT2D eigenvalue weighted by Crippen LogP contribution is 2.15. The Balaban J connectivity index is 3.69. The molecule has 0 aromatic rings. The van der Waals surface area contributed by atoms with Crippen molar-refractivity contribution in [1.82, 2.24) is 0 Å². The summed E-state index contributed by atoms with van der Waals surface area (Å²) in [5.74, 6) is 0.186. The smallest absolute Gasteiger partial charge is 0.135 e. The highest BCUT2D eigenvalue weighted by atomic mass is 16.3. The van der Waals surface area contributed by atoms with Crippen molar-refractivity contribution in [3.05, 3.63) is 0 Å². The molecule has 8 nitrogen and oxygen atoms in total. The van der Waals surface area contributed by atoms with Crippen molar-refractivity contribution in [2.45, 2.75) is 192 Å². The van der Waals surface area contributed by atoms with Crippen molar-refractivity contribution < 1.29 is 39.9 Å². The van der Waals surface area contributed by atoms with Crippen LogP contribution in [0, 0.1) is 0 Å². The van der Waals surface area contributed by atoms with Gasteiger partial charge in [-0.05, 0) is 58.3 Å². The lowest BCUT2D eigenvalue weighted by Crippen LogP contribution is -2.15. The molecular weight excluding hydrogens is 524 g/mol. The average Bonchev–Trinajstić information content (AvgIpc) is 2.87. The lowest BCUT2D eigenvalue weighted by atomic mass is 9.99. The Bertz CT molecular complexity index is 666. The van der Waals surface area contributed by atoms with Gasteiger partial charge in [0.2, 0.25) is 0 Å². The van der Waals surface area contributed by atoms with E-state index >= 15 is 0 Å². The topological polar surface area (TPSA) is 152 Å². The fraction of sp³-hybridized carbons (Fsp3) is 0.909. The first-order valence-corrected chi connectivity index (χ1v) is 16.5. The number of rotatable bonds is 30. The van der Waals surface area contributed by atoms with Gasteiger partial charge < -0.3 is 25.5 Å². The number of hydrogen-bond donors (Lipinski definition) is 5. The first kappa shape index (κ1) is 39.8. The molecule has 0 unspecified atom stereocenters. The average molecular weight is 587 g/mol. The van der Waals surface area contributed by atoms with Crippen molar-refractivity contribution >= 4 is 17.3 Å². The predicted molar refractivity (Wildman–Crippen MR) is 163 cm³/mol. The van der Waals surface area contributed by atoms with Crippen molar-refractivity contribution in [3.8, 4) is 0 Å². The predicted octanol–water partition coefficient (Wildman–Crippen LogP) is 5.51. The van der Waals surface area contributed by atoms with E-state index in [4.69, 9.17) is 0 Å². The number of aliphatic hydroxyl groups excluding tert-OH is 5. The fourth-order valence-electron chi connectivity index (χ4n) is 5.18. The van der Waals surface area contributed by atoms with Gasteiger partial charge in [-0.25, -0.2) is 0 Å². The summed E-state index contributed by atoms with van der Waals surface area (Å²) in [7, 11) is 0. The molecule has 0 aliphatic carbocycles. The van der Waals surface area contributed by atoms with Gasteiger partial charge >= 0.3 is 0 Å². The Kier molecular flexibility index (Phi) is 25.7. The molecule has 0 amide bonds. The zero-order chi connectivity index (χ0) is 30.9. The van der Waals surface area contributed by atoms with Gasteiger partial charge in [-0.3, -0.25) is 14.4 Å². The summed E-state index contributed by atoms with van der Waals surface area (Å²) in [6.45, 7) is 3.76. The molecule has 0 aromatic carbocycles. The van der Waals surface area contributed by atoms with Gasteiger partial charge in [0.15, 0.2) is 0 Å². The Labute approximate surface area is 249 Å². The monoisotopic (exact) mass is 586 g/mol. The van der Waals surface area contributed by atoms with E-state index in [2.05, 4.69) is 6.92 Å². The van der Waals surface area contributed by atoms with Crippen LogP contribution in [0.1, 0.15) is 162 Å². The van der Waals surface area contributed by atoms with Gasteiger partial charge in [-0.15, -0.1) is 0 Å². The Morgan fingerprint density at radius 3 is 1.10 bits per heavy atom. The van der Waals surface area contributed by atoms with E-state index in [1.807, 2.05) is 0 Å². The maximum atomic E-state index is 12.2. The largest absolute Gasteiger partial charge is 0.393 e. The first-order valence-electron chi connectivity index (χ1n) is 16.5. The molecule has 0 fully saturated rings. The number of unbranched alkanes of at least 4 members (excludes halogenated alkanes) is 8. The summed E-state index contributed by atoms with van der Waals surface area (Å²) in [4.78, 5) is 36.2. The highest BCUT2D eigenvalue weighted by molar-refractivity contribution is 5.79. The number of ketones is 3. The van der Waals surface area contributed by atoms with Gasteiger partial charge in [-0.2, -0.15) is 0 Å². The minimum atomic E-state index is -0.654. The Morgan fingerprint density at radius 2 is 0.780 bits per heavy atom. The van der Waals surface area contributed by atoms with Gasteiger partial charge in [-0.1, -0.05) is 64.7 Å². The molecule has 0 spiro atoms. The lowest BCUT2D eigenvalue weighted by molar-refractivity contribution is -0.122. The number of aliphatic hydroxyl groups is 5. The molecule has 0 saturated heterocycles. The van der Waals surface area contributed by atoms with E-state index in [1.54, 1.807) is 6.92 Å². The molecule has 5 atom stereocenters. The molecule has 8 heteroatoms. The van der Waals surface area contributed by atoms with Gasteiger partial charge in [0.1, 0.15) is 17.3 Å². The first-order chi connectivity index (χ1) is 19.5. The van der Waals surface area contributed by atoms with E-state index in [-0.39, 0.29) is 36.6 Å². The van der Waals surface area contributed by atoms with Crippen LogP contribution in [-0.4, -0.2) is 73.4 Å². The van der Waals surface area contributed by atoms with Crippen molar-refractivity contribution in [2.24, 2.45) is 0 Å². The summed E-state index contributed by atoms with van der Waals surface area (Å²) in [5, 5.41) is 49.2. The minimum Gasteiger partial charge on any atom is -0.393 e. The van der Waals surface area contributed by atoms with Crippen LogP contribution in [0.4, 0.5) is 0 Å². The van der Waals surface area contributed by atoms with Gasteiger partial charge in [0.05, 0.1) is 30.5 Å². The molecule has 41 heavy (non-hydrogen) atoms. The Hall–Kier alpha value is -1.19. The molecule has 0 aromatic heterocycles. The highest BCUT2D eigenvalue weighted by Gasteiger charge is 2.14. The number of carbonyl (C=O) groups excluding carboxylic acids is 3. The van der Waals surface area contributed by atoms with Crippen LogP contribution in [0.15, 0.2) is 0 Å². The Morgan fingerprint density at radius 1 is 0.463 bits per heavy atom. The molecule has 0 rings (SSSR count). The van der Waals surface area contributed by atoms with Crippen LogP contribution in [0.2, 0.25) is 0 Å². The maximum Gasteiger partial charge on any atom is 0.135 e. The normalized spacial score (nSPS) is 15.3. The standard InChI is InChI=1S/C33H62O8/c1-3-4-8-15-28(36)23-29(37)18-11-6-12-19-32(40)25-33(41)21-14-7-13-20-31(39)24-30(38)17-10-5-9-16-27(35)22-26(2)34/h26-28,31-32,34-36,39-40H,3-25H2,1-2H3/t26-,27+,28-,31-,32+/m0/s1. The van der Waals surface area contributed by atoms with Crippen molar-refractivity contribution in [3.63, 3.8) is 0 Å².